The fraction of sp³-hybridized carbons (Fsp3) is 0.619. The minimum atomic E-state index is -0.898. The zero-order valence-corrected chi connectivity index (χ0v) is 16.3. The first-order valence-corrected chi connectivity index (χ1v) is 9.51. The Morgan fingerprint density at radius 3 is 2.63 bits per heavy atom. The van der Waals surface area contributed by atoms with E-state index in [9.17, 15) is 19.8 Å². The van der Waals surface area contributed by atoms with Crippen molar-refractivity contribution in [2.24, 2.45) is 0 Å². The third-order valence-corrected chi connectivity index (χ3v) is 5.49. The number of aliphatic carboxylic acids is 1. The molecular formula is C21H30O6. The average Bonchev–Trinajstić information content (AvgIpc) is 2.60. The van der Waals surface area contributed by atoms with E-state index in [-0.39, 0.29) is 12.2 Å². The zero-order chi connectivity index (χ0) is 20.2. The van der Waals surface area contributed by atoms with E-state index in [1.165, 1.54) is 0 Å². The van der Waals surface area contributed by atoms with Crippen molar-refractivity contribution in [3.63, 3.8) is 0 Å². The number of allylic oxidation sites excluding steroid dienone is 3. The van der Waals surface area contributed by atoms with Gasteiger partial charge in [-0.15, -0.1) is 0 Å². The van der Waals surface area contributed by atoms with Crippen LogP contribution < -0.4 is 0 Å². The standard InChI is InChI=1S/C21H30O6/c1-13(6-4-8-14(2)20(25)26)7-5-11-21(3)18(24)12-15-16(22)9-10-17(23)19(15)27-21/h7-8,17-18,23-24H,4-6,9-12H2,1-3H3,(H,25,26)/t17-,18+,21+/m1/s1. The molecule has 0 spiro atoms. The highest BCUT2D eigenvalue weighted by Gasteiger charge is 2.44. The Hall–Kier alpha value is -1.92. The van der Waals surface area contributed by atoms with Gasteiger partial charge < -0.3 is 20.1 Å². The summed E-state index contributed by atoms with van der Waals surface area (Å²) in [6, 6.07) is 0. The second-order valence-electron chi connectivity index (χ2n) is 7.78. The number of ether oxygens (including phenoxy) is 1. The molecule has 0 unspecified atom stereocenters. The van der Waals surface area contributed by atoms with Crippen LogP contribution in [0.5, 0.6) is 0 Å². The molecule has 0 aromatic rings. The van der Waals surface area contributed by atoms with Gasteiger partial charge in [0, 0.05) is 24.0 Å². The van der Waals surface area contributed by atoms with Gasteiger partial charge in [-0.3, -0.25) is 4.79 Å². The van der Waals surface area contributed by atoms with Gasteiger partial charge in [-0.05, 0) is 52.9 Å². The Balaban J connectivity index is 1.94. The Kier molecular flexibility index (Phi) is 7.00. The van der Waals surface area contributed by atoms with Crippen molar-refractivity contribution in [2.45, 2.75) is 83.5 Å². The Bertz CT molecular complexity index is 687. The van der Waals surface area contributed by atoms with Crippen molar-refractivity contribution in [2.75, 3.05) is 0 Å². The topological polar surface area (TPSA) is 104 Å². The number of carbonyl (C=O) groups is 2. The molecule has 3 atom stereocenters. The molecule has 0 aromatic heterocycles. The lowest BCUT2D eigenvalue weighted by atomic mass is 9.81. The molecular weight excluding hydrogens is 348 g/mol. The minimum absolute atomic E-state index is 0.0446. The van der Waals surface area contributed by atoms with Gasteiger partial charge in [-0.1, -0.05) is 17.7 Å². The second-order valence-corrected chi connectivity index (χ2v) is 7.78. The first-order chi connectivity index (χ1) is 12.6. The Morgan fingerprint density at radius 2 is 1.96 bits per heavy atom. The molecule has 27 heavy (non-hydrogen) atoms. The van der Waals surface area contributed by atoms with Crippen LogP contribution in [0.2, 0.25) is 0 Å². The van der Waals surface area contributed by atoms with Crippen LogP contribution in [0.3, 0.4) is 0 Å². The van der Waals surface area contributed by atoms with Crippen molar-refractivity contribution in [3.05, 3.63) is 34.6 Å². The van der Waals surface area contributed by atoms with Crippen LogP contribution in [-0.4, -0.2) is 44.9 Å². The van der Waals surface area contributed by atoms with Gasteiger partial charge >= 0.3 is 5.97 Å². The molecule has 0 fully saturated rings. The van der Waals surface area contributed by atoms with Crippen molar-refractivity contribution >= 4 is 11.8 Å². The number of hydrogen-bond acceptors (Lipinski definition) is 5. The lowest BCUT2D eigenvalue weighted by Gasteiger charge is -2.43. The summed E-state index contributed by atoms with van der Waals surface area (Å²) in [4.78, 5) is 22.8. The molecule has 2 rings (SSSR count). The van der Waals surface area contributed by atoms with E-state index in [0.717, 1.165) is 12.0 Å². The minimum Gasteiger partial charge on any atom is -0.486 e. The molecule has 6 nitrogen and oxygen atoms in total. The molecule has 6 heteroatoms. The number of Topliss-reactive ketones (excluding diaryl/α,β-unsaturated/α-hetero) is 1. The summed E-state index contributed by atoms with van der Waals surface area (Å²) in [7, 11) is 0. The molecule has 0 saturated heterocycles. The van der Waals surface area contributed by atoms with Gasteiger partial charge in [0.1, 0.15) is 17.5 Å². The van der Waals surface area contributed by atoms with Gasteiger partial charge in [0.15, 0.2) is 5.78 Å². The normalized spacial score (nSPS) is 29.4. The first-order valence-electron chi connectivity index (χ1n) is 9.51. The molecule has 3 N–H and O–H groups in total. The van der Waals surface area contributed by atoms with Gasteiger partial charge in [-0.25, -0.2) is 4.79 Å². The number of hydrogen-bond donors (Lipinski definition) is 3. The highest BCUT2D eigenvalue weighted by Crippen LogP contribution is 2.40. The zero-order valence-electron chi connectivity index (χ0n) is 16.3. The van der Waals surface area contributed by atoms with E-state index in [0.29, 0.717) is 49.0 Å². The molecule has 1 heterocycles. The van der Waals surface area contributed by atoms with Gasteiger partial charge in [0.25, 0.3) is 0 Å². The lowest BCUT2D eigenvalue weighted by Crippen LogP contribution is -2.48. The van der Waals surface area contributed by atoms with Crippen LogP contribution in [0, 0.1) is 0 Å². The first kappa shape index (κ1) is 21.4. The lowest BCUT2D eigenvalue weighted by molar-refractivity contribution is -0.134. The predicted molar refractivity (Wildman–Crippen MR) is 101 cm³/mol. The number of carbonyl (C=O) groups excluding carboxylic acids is 1. The number of ketones is 1. The molecule has 2 aliphatic rings. The highest BCUT2D eigenvalue weighted by molar-refractivity contribution is 5.97. The van der Waals surface area contributed by atoms with Crippen LogP contribution >= 0.6 is 0 Å². The number of rotatable bonds is 7. The van der Waals surface area contributed by atoms with E-state index in [2.05, 4.69) is 6.08 Å². The van der Waals surface area contributed by atoms with E-state index in [1.807, 2.05) is 13.8 Å². The fourth-order valence-corrected chi connectivity index (χ4v) is 3.49. The monoisotopic (exact) mass is 378 g/mol. The molecule has 1 aliphatic heterocycles. The van der Waals surface area contributed by atoms with Crippen LogP contribution in [0.4, 0.5) is 0 Å². The molecule has 0 aromatic carbocycles. The van der Waals surface area contributed by atoms with Gasteiger partial charge in [0.2, 0.25) is 0 Å². The Morgan fingerprint density at radius 1 is 1.26 bits per heavy atom. The van der Waals surface area contributed by atoms with Crippen molar-refractivity contribution in [1.29, 1.82) is 0 Å². The maximum atomic E-state index is 12.0. The average molecular weight is 378 g/mol. The second kappa shape index (κ2) is 8.85. The summed E-state index contributed by atoms with van der Waals surface area (Å²) in [5.74, 6) is -0.601. The Labute approximate surface area is 160 Å². The van der Waals surface area contributed by atoms with E-state index in [4.69, 9.17) is 9.84 Å². The molecule has 0 amide bonds. The SMILES string of the molecule is CC(=CCC[C@]1(C)OC2=C(C[C@@H]1O)C(=O)CC[C@H]2O)CCC=C(C)C(=O)O. The fourth-order valence-electron chi connectivity index (χ4n) is 3.49. The molecule has 150 valence electrons. The smallest absolute Gasteiger partial charge is 0.330 e. The summed E-state index contributed by atoms with van der Waals surface area (Å²) in [5.41, 5.74) is 1.09. The maximum Gasteiger partial charge on any atom is 0.330 e. The van der Waals surface area contributed by atoms with Gasteiger partial charge in [-0.2, -0.15) is 0 Å². The van der Waals surface area contributed by atoms with Crippen LogP contribution in [0.25, 0.3) is 0 Å². The van der Waals surface area contributed by atoms with Crippen LogP contribution in [0.1, 0.15) is 65.7 Å². The third kappa shape index (κ3) is 5.30. The maximum absolute atomic E-state index is 12.0. The van der Waals surface area contributed by atoms with E-state index >= 15 is 0 Å². The summed E-state index contributed by atoms with van der Waals surface area (Å²) < 4.78 is 5.95. The summed E-state index contributed by atoms with van der Waals surface area (Å²) >= 11 is 0. The number of aliphatic hydroxyl groups is 2. The molecule has 0 saturated carbocycles. The highest BCUT2D eigenvalue weighted by atomic mass is 16.5. The van der Waals surface area contributed by atoms with Crippen molar-refractivity contribution in [1.82, 2.24) is 0 Å². The molecule has 0 bridgehead atoms. The summed E-state index contributed by atoms with van der Waals surface area (Å²) in [5, 5.41) is 29.5. The number of aliphatic hydroxyl groups excluding tert-OH is 2. The van der Waals surface area contributed by atoms with Gasteiger partial charge in [0.05, 0.1) is 6.10 Å². The quantitative estimate of drug-likeness (QED) is 0.465. The molecule has 0 radical (unpaired) electrons. The van der Waals surface area contributed by atoms with Crippen molar-refractivity contribution in [3.8, 4) is 0 Å². The number of carboxylic acid groups (broad SMARTS) is 1. The van der Waals surface area contributed by atoms with E-state index in [1.54, 1.807) is 13.0 Å². The third-order valence-electron chi connectivity index (χ3n) is 5.49. The predicted octanol–water partition coefficient (Wildman–Crippen LogP) is 3.04. The summed E-state index contributed by atoms with van der Waals surface area (Å²) in [6.45, 7) is 5.39. The summed E-state index contributed by atoms with van der Waals surface area (Å²) in [6.07, 6.45) is 5.80. The molecule has 1 aliphatic carbocycles. The van der Waals surface area contributed by atoms with Crippen LogP contribution in [0.15, 0.2) is 34.6 Å². The number of carboxylic acids is 1. The van der Waals surface area contributed by atoms with Crippen molar-refractivity contribution < 1.29 is 29.6 Å². The largest absolute Gasteiger partial charge is 0.486 e. The van der Waals surface area contributed by atoms with E-state index < -0.39 is 23.8 Å². The van der Waals surface area contributed by atoms with Crippen LogP contribution in [-0.2, 0) is 14.3 Å².